The first-order valence-corrected chi connectivity index (χ1v) is 9.42. The van der Waals surface area contributed by atoms with E-state index >= 15 is 0 Å². The first-order chi connectivity index (χ1) is 13.9. The lowest BCUT2D eigenvalue weighted by Gasteiger charge is -2.35. The number of benzene rings is 1. The van der Waals surface area contributed by atoms with Crippen molar-refractivity contribution in [2.75, 3.05) is 31.1 Å². The van der Waals surface area contributed by atoms with Gasteiger partial charge in [0, 0.05) is 37.3 Å². The molecule has 162 valence electrons. The second-order valence-corrected chi connectivity index (χ2v) is 7.48. The molecular formula is C18H15F6N3O2S. The zero-order valence-electron chi connectivity index (χ0n) is 15.2. The molecule has 1 aliphatic heterocycles. The Balaban J connectivity index is 1.90. The summed E-state index contributed by atoms with van der Waals surface area (Å²) in [4.78, 5) is 17.9. The van der Waals surface area contributed by atoms with Crippen molar-refractivity contribution < 1.29 is 36.2 Å². The van der Waals surface area contributed by atoms with Crippen LogP contribution in [0.1, 0.15) is 11.1 Å². The van der Waals surface area contributed by atoms with E-state index in [1.54, 1.807) is 4.90 Å². The summed E-state index contributed by atoms with van der Waals surface area (Å²) in [7, 11) is 0. The largest absolute Gasteiger partial charge is 0.465 e. The number of piperazine rings is 1. The summed E-state index contributed by atoms with van der Waals surface area (Å²) < 4.78 is 77.6. The van der Waals surface area contributed by atoms with Gasteiger partial charge in [-0.05, 0) is 30.3 Å². The summed E-state index contributed by atoms with van der Waals surface area (Å²) in [5, 5.41) is 9.14. The number of aromatic nitrogens is 1. The summed E-state index contributed by atoms with van der Waals surface area (Å²) in [6.45, 7) is 0.898. The van der Waals surface area contributed by atoms with E-state index in [1.165, 1.54) is 11.0 Å². The van der Waals surface area contributed by atoms with E-state index in [4.69, 9.17) is 5.11 Å². The molecular weight excluding hydrogens is 436 g/mol. The van der Waals surface area contributed by atoms with Crippen molar-refractivity contribution in [1.82, 2.24) is 9.88 Å². The van der Waals surface area contributed by atoms with Gasteiger partial charge in [0.25, 0.3) is 0 Å². The monoisotopic (exact) mass is 451 g/mol. The van der Waals surface area contributed by atoms with Crippen LogP contribution in [0.3, 0.4) is 0 Å². The van der Waals surface area contributed by atoms with Gasteiger partial charge < -0.3 is 14.9 Å². The number of nitrogens with zero attached hydrogens (tertiary/aromatic N) is 3. The molecule has 0 radical (unpaired) electrons. The van der Waals surface area contributed by atoms with Crippen LogP contribution in [-0.4, -0.2) is 47.3 Å². The van der Waals surface area contributed by atoms with Crippen molar-refractivity contribution in [2.45, 2.75) is 22.3 Å². The van der Waals surface area contributed by atoms with Crippen LogP contribution >= 0.6 is 11.8 Å². The topological polar surface area (TPSA) is 56.7 Å². The molecule has 1 aromatic heterocycles. The second kappa shape index (κ2) is 8.25. The number of rotatable bonds is 3. The molecule has 0 spiro atoms. The highest BCUT2D eigenvalue weighted by Gasteiger charge is 2.33. The lowest BCUT2D eigenvalue weighted by atomic mass is 10.1. The number of anilines is 1. The van der Waals surface area contributed by atoms with E-state index in [0.29, 0.717) is 11.9 Å². The van der Waals surface area contributed by atoms with E-state index in [1.807, 2.05) is 0 Å². The van der Waals surface area contributed by atoms with Gasteiger partial charge in [0.05, 0.1) is 16.8 Å². The molecule has 12 heteroatoms. The van der Waals surface area contributed by atoms with Crippen LogP contribution in [0.25, 0.3) is 0 Å². The zero-order valence-corrected chi connectivity index (χ0v) is 16.0. The summed E-state index contributed by atoms with van der Waals surface area (Å²) in [5.41, 5.74) is -1.43. The second-order valence-electron chi connectivity index (χ2n) is 6.42. The maximum atomic E-state index is 13.2. The highest BCUT2D eigenvalue weighted by molar-refractivity contribution is 7.99. The number of alkyl halides is 6. The predicted octanol–water partition coefficient (Wildman–Crippen LogP) is 5.07. The molecule has 1 N–H and O–H groups in total. The van der Waals surface area contributed by atoms with Crippen LogP contribution in [0.15, 0.2) is 46.5 Å². The third kappa shape index (κ3) is 5.10. The van der Waals surface area contributed by atoms with Gasteiger partial charge in [0.2, 0.25) is 0 Å². The molecule has 1 aliphatic rings. The number of carboxylic acid groups (broad SMARTS) is 1. The molecule has 1 fully saturated rings. The quantitative estimate of drug-likeness (QED) is 0.661. The average molecular weight is 451 g/mol. The van der Waals surface area contributed by atoms with E-state index in [2.05, 4.69) is 4.98 Å². The lowest BCUT2D eigenvalue weighted by molar-refractivity contribution is -0.138. The molecule has 0 atom stereocenters. The SMILES string of the molecule is O=C(O)N1CCN(c2ccc(C(F)(F)F)cc2Sc2ccc(C(F)(F)F)cn2)CC1. The van der Waals surface area contributed by atoms with Crippen LogP contribution in [0.5, 0.6) is 0 Å². The van der Waals surface area contributed by atoms with Gasteiger partial charge in [-0.1, -0.05) is 11.8 Å². The first kappa shape index (κ1) is 22.1. The molecule has 2 aromatic rings. The van der Waals surface area contributed by atoms with Crippen LogP contribution in [0.4, 0.5) is 36.8 Å². The molecule has 0 aliphatic carbocycles. The summed E-state index contributed by atoms with van der Waals surface area (Å²) in [6.07, 6.45) is -9.61. The Bertz CT molecular complexity index is 910. The lowest BCUT2D eigenvalue weighted by Crippen LogP contribution is -2.48. The molecule has 2 heterocycles. The van der Waals surface area contributed by atoms with Gasteiger partial charge in [-0.25, -0.2) is 9.78 Å². The fourth-order valence-corrected chi connectivity index (χ4v) is 3.85. The number of amides is 1. The van der Waals surface area contributed by atoms with E-state index < -0.39 is 29.6 Å². The van der Waals surface area contributed by atoms with Gasteiger partial charge in [-0.15, -0.1) is 0 Å². The standard InChI is InChI=1S/C18H15F6N3O2S/c19-17(20,21)11-1-3-13(26-5-7-27(8-6-26)16(28)29)14(9-11)30-15-4-2-12(10-25-15)18(22,23)24/h1-4,9-10H,5-8H2,(H,28,29). The van der Waals surface area contributed by atoms with Gasteiger partial charge in [0.15, 0.2) is 0 Å². The highest BCUT2D eigenvalue weighted by Crippen LogP contribution is 2.40. The highest BCUT2D eigenvalue weighted by atomic mass is 32.2. The van der Waals surface area contributed by atoms with Crippen LogP contribution in [0, 0.1) is 0 Å². The molecule has 3 rings (SSSR count). The Hall–Kier alpha value is -2.63. The number of carbonyl (C=O) groups is 1. The predicted molar refractivity (Wildman–Crippen MR) is 96.6 cm³/mol. The molecule has 0 bridgehead atoms. The Labute approximate surface area is 171 Å². The molecule has 30 heavy (non-hydrogen) atoms. The minimum atomic E-state index is -4.59. The van der Waals surface area contributed by atoms with Crippen molar-refractivity contribution in [3.8, 4) is 0 Å². The number of pyridine rings is 1. The molecule has 5 nitrogen and oxygen atoms in total. The average Bonchev–Trinajstić information content (AvgIpc) is 2.67. The van der Waals surface area contributed by atoms with Gasteiger partial charge >= 0.3 is 18.4 Å². The third-order valence-corrected chi connectivity index (χ3v) is 5.45. The van der Waals surface area contributed by atoms with Gasteiger partial charge in [-0.2, -0.15) is 26.3 Å². The maximum Gasteiger partial charge on any atom is 0.417 e. The molecule has 1 aromatic carbocycles. The number of halogens is 6. The fourth-order valence-electron chi connectivity index (χ4n) is 2.89. The van der Waals surface area contributed by atoms with Gasteiger partial charge in [-0.3, -0.25) is 0 Å². The molecule has 0 saturated carbocycles. The maximum absolute atomic E-state index is 13.2. The summed E-state index contributed by atoms with van der Waals surface area (Å²) in [5.74, 6) is 0. The zero-order chi connectivity index (χ0) is 22.1. The summed E-state index contributed by atoms with van der Waals surface area (Å²) in [6, 6.07) is 5.03. The van der Waals surface area contributed by atoms with Crippen LogP contribution < -0.4 is 4.90 Å². The van der Waals surface area contributed by atoms with Crippen molar-refractivity contribution in [1.29, 1.82) is 0 Å². The first-order valence-electron chi connectivity index (χ1n) is 8.60. The minimum absolute atomic E-state index is 0.104. The number of hydrogen-bond acceptors (Lipinski definition) is 4. The molecule has 1 amide bonds. The fraction of sp³-hybridized carbons (Fsp3) is 0.333. The van der Waals surface area contributed by atoms with Crippen LogP contribution in [0.2, 0.25) is 0 Å². The van der Waals surface area contributed by atoms with Crippen molar-refractivity contribution in [3.63, 3.8) is 0 Å². The van der Waals surface area contributed by atoms with Gasteiger partial charge in [0.1, 0.15) is 5.03 Å². The normalized spacial score (nSPS) is 15.4. The van der Waals surface area contributed by atoms with Crippen LogP contribution in [-0.2, 0) is 12.4 Å². The summed E-state index contributed by atoms with van der Waals surface area (Å²) >= 11 is 0.815. The Morgan fingerprint density at radius 2 is 1.53 bits per heavy atom. The number of hydrogen-bond donors (Lipinski definition) is 1. The van der Waals surface area contributed by atoms with E-state index in [9.17, 15) is 31.1 Å². The molecule has 1 saturated heterocycles. The molecule has 0 unspecified atom stereocenters. The minimum Gasteiger partial charge on any atom is -0.465 e. The third-order valence-electron chi connectivity index (χ3n) is 4.46. The Morgan fingerprint density at radius 1 is 0.933 bits per heavy atom. The van der Waals surface area contributed by atoms with Crippen molar-refractivity contribution in [2.24, 2.45) is 0 Å². The smallest absolute Gasteiger partial charge is 0.417 e. The Morgan fingerprint density at radius 3 is 2.03 bits per heavy atom. The van der Waals surface area contributed by atoms with Crippen molar-refractivity contribution >= 4 is 23.5 Å². The van der Waals surface area contributed by atoms with E-state index in [0.717, 1.165) is 36.0 Å². The van der Waals surface area contributed by atoms with E-state index in [-0.39, 0.29) is 36.1 Å². The van der Waals surface area contributed by atoms with Crippen molar-refractivity contribution in [3.05, 3.63) is 47.7 Å². The Kier molecular flexibility index (Phi) is 6.06.